The maximum Gasteiger partial charge on any atom is 0.264 e. The first-order chi connectivity index (χ1) is 11.0. The van der Waals surface area contributed by atoms with Crippen LogP contribution in [0.3, 0.4) is 0 Å². The summed E-state index contributed by atoms with van der Waals surface area (Å²) in [5.41, 5.74) is 1.90. The lowest BCUT2D eigenvalue weighted by Gasteiger charge is -2.08. The highest BCUT2D eigenvalue weighted by Crippen LogP contribution is 2.19. The molecule has 0 aliphatic rings. The molecule has 0 spiro atoms. The molecule has 1 aromatic carbocycles. The SMILES string of the molecule is Cc1cc(NC(=O)Cn2cnc3c(cnn3C)c2=O)ccc1Br. The number of hydrogen-bond acceptors (Lipinski definition) is 4. The number of anilines is 1. The number of aryl methyl sites for hydroxylation is 2. The zero-order valence-electron chi connectivity index (χ0n) is 12.6. The minimum atomic E-state index is -0.293. The summed E-state index contributed by atoms with van der Waals surface area (Å²) in [5, 5.41) is 7.16. The standard InChI is InChI=1S/C15H14BrN5O2/c1-9-5-10(3-4-12(9)16)19-13(22)7-21-8-17-14-11(15(21)23)6-18-20(14)2/h3-6,8H,7H2,1-2H3,(H,19,22). The van der Waals surface area contributed by atoms with Gasteiger partial charge in [0, 0.05) is 17.2 Å². The van der Waals surface area contributed by atoms with Crippen molar-refractivity contribution < 1.29 is 4.79 Å². The van der Waals surface area contributed by atoms with Gasteiger partial charge in [-0.25, -0.2) is 4.98 Å². The van der Waals surface area contributed by atoms with E-state index in [-0.39, 0.29) is 18.0 Å². The van der Waals surface area contributed by atoms with Crippen LogP contribution < -0.4 is 10.9 Å². The van der Waals surface area contributed by atoms with Gasteiger partial charge in [-0.3, -0.25) is 18.8 Å². The second-order valence-electron chi connectivity index (χ2n) is 5.20. The summed E-state index contributed by atoms with van der Waals surface area (Å²) in [4.78, 5) is 28.6. The van der Waals surface area contributed by atoms with Gasteiger partial charge in [0.15, 0.2) is 5.65 Å². The molecule has 0 fully saturated rings. The lowest BCUT2D eigenvalue weighted by atomic mass is 10.2. The van der Waals surface area contributed by atoms with E-state index in [0.717, 1.165) is 10.0 Å². The van der Waals surface area contributed by atoms with Crippen LogP contribution in [-0.2, 0) is 18.4 Å². The van der Waals surface area contributed by atoms with Gasteiger partial charge in [-0.05, 0) is 30.7 Å². The Hall–Kier alpha value is -2.48. The van der Waals surface area contributed by atoms with Gasteiger partial charge in [0.1, 0.15) is 18.3 Å². The van der Waals surface area contributed by atoms with Gasteiger partial charge in [-0.2, -0.15) is 5.10 Å². The minimum Gasteiger partial charge on any atom is -0.325 e. The van der Waals surface area contributed by atoms with E-state index in [2.05, 4.69) is 31.3 Å². The fourth-order valence-electron chi connectivity index (χ4n) is 2.26. The van der Waals surface area contributed by atoms with E-state index in [9.17, 15) is 9.59 Å². The second kappa shape index (κ2) is 5.96. The van der Waals surface area contributed by atoms with Crippen LogP contribution in [0.5, 0.6) is 0 Å². The molecule has 3 rings (SSSR count). The van der Waals surface area contributed by atoms with Crippen LogP contribution in [0, 0.1) is 6.92 Å². The van der Waals surface area contributed by atoms with Crippen molar-refractivity contribution in [1.82, 2.24) is 19.3 Å². The molecule has 1 amide bonds. The fourth-order valence-corrected chi connectivity index (χ4v) is 2.50. The summed E-state index contributed by atoms with van der Waals surface area (Å²) >= 11 is 3.41. The van der Waals surface area contributed by atoms with E-state index < -0.39 is 0 Å². The number of carbonyl (C=O) groups excluding carboxylic acids is 1. The number of halogens is 1. The van der Waals surface area contributed by atoms with Gasteiger partial charge in [-0.15, -0.1) is 0 Å². The molecule has 118 valence electrons. The average Bonchev–Trinajstić information content (AvgIpc) is 2.88. The Bertz CT molecular complexity index is 960. The van der Waals surface area contributed by atoms with E-state index >= 15 is 0 Å². The van der Waals surface area contributed by atoms with Crippen LogP contribution in [0.15, 0.2) is 40.0 Å². The van der Waals surface area contributed by atoms with Gasteiger partial charge in [0.2, 0.25) is 5.91 Å². The van der Waals surface area contributed by atoms with Gasteiger partial charge in [0.05, 0.1) is 6.20 Å². The summed E-state index contributed by atoms with van der Waals surface area (Å²) in [5.74, 6) is -0.293. The predicted molar refractivity (Wildman–Crippen MR) is 90.3 cm³/mol. The Morgan fingerprint density at radius 2 is 2.17 bits per heavy atom. The first kappa shape index (κ1) is 15.4. The maximum absolute atomic E-state index is 12.3. The summed E-state index contributed by atoms with van der Waals surface area (Å²) < 4.78 is 3.76. The Kier molecular flexibility index (Phi) is 3.99. The molecule has 2 heterocycles. The van der Waals surface area contributed by atoms with Crippen molar-refractivity contribution in [3.63, 3.8) is 0 Å². The first-order valence-corrected chi connectivity index (χ1v) is 7.68. The van der Waals surface area contributed by atoms with Gasteiger partial charge >= 0.3 is 0 Å². The molecule has 0 aliphatic carbocycles. The molecular formula is C15H14BrN5O2. The Balaban J connectivity index is 1.81. The second-order valence-corrected chi connectivity index (χ2v) is 6.05. The predicted octanol–water partition coefficient (Wildman–Crippen LogP) is 1.84. The quantitative estimate of drug-likeness (QED) is 0.756. The van der Waals surface area contributed by atoms with Crippen LogP contribution in [0.25, 0.3) is 11.0 Å². The molecule has 0 saturated carbocycles. The Labute approximate surface area is 140 Å². The molecule has 0 radical (unpaired) electrons. The van der Waals surface area contributed by atoms with Crippen LogP contribution in [0.1, 0.15) is 5.56 Å². The molecule has 23 heavy (non-hydrogen) atoms. The molecule has 0 atom stereocenters. The average molecular weight is 376 g/mol. The highest BCUT2D eigenvalue weighted by atomic mass is 79.9. The fraction of sp³-hybridized carbons (Fsp3) is 0.200. The lowest BCUT2D eigenvalue weighted by Crippen LogP contribution is -2.27. The Morgan fingerprint density at radius 1 is 1.39 bits per heavy atom. The largest absolute Gasteiger partial charge is 0.325 e. The van der Waals surface area contributed by atoms with Gasteiger partial charge < -0.3 is 5.32 Å². The van der Waals surface area contributed by atoms with E-state index in [4.69, 9.17) is 0 Å². The number of benzene rings is 1. The van der Waals surface area contributed by atoms with E-state index in [1.165, 1.54) is 21.8 Å². The molecule has 0 saturated heterocycles. The van der Waals surface area contributed by atoms with Crippen molar-refractivity contribution >= 4 is 38.6 Å². The topological polar surface area (TPSA) is 81.8 Å². The molecule has 2 aromatic heterocycles. The smallest absolute Gasteiger partial charge is 0.264 e. The van der Waals surface area contributed by atoms with Crippen molar-refractivity contribution in [2.45, 2.75) is 13.5 Å². The highest BCUT2D eigenvalue weighted by molar-refractivity contribution is 9.10. The van der Waals surface area contributed by atoms with Crippen molar-refractivity contribution in [2.75, 3.05) is 5.32 Å². The van der Waals surface area contributed by atoms with E-state index in [1.54, 1.807) is 13.1 Å². The highest BCUT2D eigenvalue weighted by Gasteiger charge is 2.11. The summed E-state index contributed by atoms with van der Waals surface area (Å²) in [7, 11) is 1.71. The summed E-state index contributed by atoms with van der Waals surface area (Å²) in [6, 6.07) is 5.51. The van der Waals surface area contributed by atoms with Crippen LogP contribution in [0.2, 0.25) is 0 Å². The zero-order chi connectivity index (χ0) is 16.6. The van der Waals surface area contributed by atoms with Gasteiger partial charge in [0.25, 0.3) is 5.56 Å². The number of aromatic nitrogens is 4. The third kappa shape index (κ3) is 3.02. The molecule has 7 nitrogen and oxygen atoms in total. The maximum atomic E-state index is 12.3. The van der Waals surface area contributed by atoms with Crippen molar-refractivity contribution in [1.29, 1.82) is 0 Å². The first-order valence-electron chi connectivity index (χ1n) is 6.89. The molecule has 0 unspecified atom stereocenters. The number of nitrogens with zero attached hydrogens (tertiary/aromatic N) is 4. The number of amides is 1. The third-order valence-corrected chi connectivity index (χ3v) is 4.36. The minimum absolute atomic E-state index is 0.105. The van der Waals surface area contributed by atoms with Crippen LogP contribution in [-0.4, -0.2) is 25.2 Å². The normalized spacial score (nSPS) is 10.9. The number of fused-ring (bicyclic) bond motifs is 1. The number of carbonyl (C=O) groups is 1. The van der Waals surface area contributed by atoms with Crippen LogP contribution >= 0.6 is 15.9 Å². The van der Waals surface area contributed by atoms with Crippen molar-refractivity contribution in [2.24, 2.45) is 7.05 Å². The number of rotatable bonds is 3. The number of nitrogens with one attached hydrogen (secondary N) is 1. The van der Waals surface area contributed by atoms with Gasteiger partial charge in [-0.1, -0.05) is 15.9 Å². The molecular weight excluding hydrogens is 362 g/mol. The number of hydrogen-bond donors (Lipinski definition) is 1. The summed E-state index contributed by atoms with van der Waals surface area (Å²) in [6.45, 7) is 1.83. The molecule has 0 bridgehead atoms. The van der Waals surface area contributed by atoms with E-state index in [0.29, 0.717) is 16.7 Å². The molecule has 1 N–H and O–H groups in total. The Morgan fingerprint density at radius 3 is 2.91 bits per heavy atom. The molecule has 3 aromatic rings. The lowest BCUT2D eigenvalue weighted by molar-refractivity contribution is -0.116. The monoisotopic (exact) mass is 375 g/mol. The van der Waals surface area contributed by atoms with Crippen molar-refractivity contribution in [3.8, 4) is 0 Å². The third-order valence-electron chi connectivity index (χ3n) is 3.47. The molecule has 0 aliphatic heterocycles. The zero-order valence-corrected chi connectivity index (χ0v) is 14.2. The van der Waals surface area contributed by atoms with Crippen molar-refractivity contribution in [3.05, 3.63) is 51.1 Å². The molecule has 8 heteroatoms. The van der Waals surface area contributed by atoms with E-state index in [1.807, 2.05) is 19.1 Å². The van der Waals surface area contributed by atoms with Crippen LogP contribution in [0.4, 0.5) is 5.69 Å². The summed E-state index contributed by atoms with van der Waals surface area (Å²) in [6.07, 6.45) is 2.82.